The SMILES string of the molecule is NC1C(=O)N2C(C(=O)O)=C(C(CC(=O)O)Sc3nn[nH]n3)CS[C@H]12. The molecule has 3 atom stereocenters. The molecule has 1 amide bonds. The molecular weight excluding hydrogens is 360 g/mol. The highest BCUT2D eigenvalue weighted by molar-refractivity contribution is 8.01. The van der Waals surface area contributed by atoms with E-state index in [2.05, 4.69) is 20.6 Å². The number of thioether (sulfide) groups is 2. The van der Waals surface area contributed by atoms with Gasteiger partial charge in [-0.1, -0.05) is 11.8 Å². The predicted molar refractivity (Wildman–Crippen MR) is 81.8 cm³/mol. The van der Waals surface area contributed by atoms with Crippen LogP contribution in [0.15, 0.2) is 16.4 Å². The van der Waals surface area contributed by atoms with Gasteiger partial charge in [-0.3, -0.25) is 14.5 Å². The summed E-state index contributed by atoms with van der Waals surface area (Å²) in [6.45, 7) is 0. The van der Waals surface area contributed by atoms with Crippen molar-refractivity contribution in [1.82, 2.24) is 25.5 Å². The highest BCUT2D eigenvalue weighted by Gasteiger charge is 2.52. The molecule has 0 aromatic carbocycles. The standard InChI is InChI=1S/C11H12N6O5S2/c12-6-8(20)17-7(10(21)22)3(2-23-9(6)17)4(1-5(18)19)24-11-13-15-16-14-11/h4,6,9H,1-2,12H2,(H,18,19)(H,21,22)(H,13,14,15,16)/t4?,6?,9-/m1/s1. The number of aromatic nitrogens is 4. The van der Waals surface area contributed by atoms with E-state index in [1.807, 2.05) is 0 Å². The van der Waals surface area contributed by atoms with Crippen LogP contribution in [0.25, 0.3) is 0 Å². The molecule has 11 nitrogen and oxygen atoms in total. The van der Waals surface area contributed by atoms with E-state index < -0.39 is 34.5 Å². The van der Waals surface area contributed by atoms with Crippen LogP contribution >= 0.6 is 23.5 Å². The molecule has 1 fully saturated rings. The Hall–Kier alpha value is -2.12. The maximum absolute atomic E-state index is 11.9. The van der Waals surface area contributed by atoms with E-state index in [-0.39, 0.29) is 23.0 Å². The van der Waals surface area contributed by atoms with Crippen LogP contribution in [0.3, 0.4) is 0 Å². The number of carbonyl (C=O) groups is 3. The maximum Gasteiger partial charge on any atom is 0.352 e. The molecule has 2 unspecified atom stereocenters. The van der Waals surface area contributed by atoms with Gasteiger partial charge in [0.1, 0.15) is 17.1 Å². The van der Waals surface area contributed by atoms with Crippen molar-refractivity contribution in [1.29, 1.82) is 0 Å². The van der Waals surface area contributed by atoms with Gasteiger partial charge < -0.3 is 15.9 Å². The van der Waals surface area contributed by atoms with Crippen LogP contribution in [-0.2, 0) is 14.4 Å². The van der Waals surface area contributed by atoms with Crippen molar-refractivity contribution in [2.24, 2.45) is 5.73 Å². The molecular formula is C11H12N6O5S2. The Morgan fingerprint density at radius 2 is 2.25 bits per heavy atom. The molecule has 3 heterocycles. The van der Waals surface area contributed by atoms with Crippen LogP contribution < -0.4 is 5.73 Å². The third-order valence-corrected chi connectivity index (χ3v) is 6.01. The Bertz CT molecular complexity index is 722. The summed E-state index contributed by atoms with van der Waals surface area (Å²) in [5.74, 6) is -2.63. The summed E-state index contributed by atoms with van der Waals surface area (Å²) in [7, 11) is 0. The van der Waals surface area contributed by atoms with Gasteiger partial charge in [0.2, 0.25) is 11.1 Å². The van der Waals surface area contributed by atoms with E-state index in [0.29, 0.717) is 5.57 Å². The van der Waals surface area contributed by atoms with Crippen molar-refractivity contribution in [3.8, 4) is 0 Å². The fourth-order valence-electron chi connectivity index (χ4n) is 2.51. The first-order valence-electron chi connectivity index (χ1n) is 6.68. The van der Waals surface area contributed by atoms with Gasteiger partial charge in [-0.25, -0.2) is 4.79 Å². The number of rotatable bonds is 6. The number of fused-ring (bicyclic) bond motifs is 1. The number of β-lactam (4-membered cyclic amide) rings is 1. The number of H-pyrrole nitrogens is 1. The van der Waals surface area contributed by atoms with Crippen LogP contribution in [0.2, 0.25) is 0 Å². The van der Waals surface area contributed by atoms with Crippen molar-refractivity contribution in [3.05, 3.63) is 11.3 Å². The number of tetrazole rings is 1. The molecule has 5 N–H and O–H groups in total. The molecule has 13 heteroatoms. The van der Waals surface area contributed by atoms with Crippen molar-refractivity contribution >= 4 is 41.4 Å². The Labute approximate surface area is 143 Å². The number of carboxylic acids is 2. The summed E-state index contributed by atoms with van der Waals surface area (Å²) < 4.78 is 0. The molecule has 2 aliphatic heterocycles. The quantitative estimate of drug-likeness (QED) is 0.345. The van der Waals surface area contributed by atoms with Gasteiger partial charge in [0.15, 0.2) is 0 Å². The second kappa shape index (κ2) is 6.41. The summed E-state index contributed by atoms with van der Waals surface area (Å²) in [5.41, 5.74) is 5.82. The first kappa shape index (κ1) is 16.7. The van der Waals surface area contributed by atoms with Crippen LogP contribution in [0.5, 0.6) is 0 Å². The Kier molecular flexibility index (Phi) is 4.47. The number of carboxylic acid groups (broad SMARTS) is 2. The molecule has 0 spiro atoms. The van der Waals surface area contributed by atoms with Crippen molar-refractivity contribution < 1.29 is 24.6 Å². The van der Waals surface area contributed by atoms with E-state index in [1.54, 1.807) is 0 Å². The minimum absolute atomic E-state index is 0.192. The summed E-state index contributed by atoms with van der Waals surface area (Å²) in [5, 5.41) is 30.8. The van der Waals surface area contributed by atoms with Crippen molar-refractivity contribution in [2.75, 3.05) is 5.75 Å². The number of aromatic amines is 1. The lowest BCUT2D eigenvalue weighted by molar-refractivity contribution is -0.148. The van der Waals surface area contributed by atoms with E-state index in [4.69, 9.17) is 10.8 Å². The summed E-state index contributed by atoms with van der Waals surface area (Å²) in [6, 6.07) is -0.742. The van der Waals surface area contributed by atoms with Crippen LogP contribution in [0.4, 0.5) is 0 Å². The number of aliphatic carboxylic acids is 2. The average molecular weight is 372 g/mol. The van der Waals surface area contributed by atoms with Crippen molar-refractivity contribution in [3.63, 3.8) is 0 Å². The Morgan fingerprint density at radius 3 is 2.83 bits per heavy atom. The predicted octanol–water partition coefficient (Wildman–Crippen LogP) is -1.28. The third kappa shape index (κ3) is 2.85. The second-order valence-corrected chi connectivity index (χ2v) is 7.29. The first-order chi connectivity index (χ1) is 11.4. The number of hydrogen-bond donors (Lipinski definition) is 4. The van der Waals surface area contributed by atoms with Gasteiger partial charge in [-0.05, 0) is 10.8 Å². The maximum atomic E-state index is 11.9. The minimum Gasteiger partial charge on any atom is -0.481 e. The van der Waals surface area contributed by atoms with Gasteiger partial charge in [-0.2, -0.15) is 5.21 Å². The zero-order valence-electron chi connectivity index (χ0n) is 11.9. The zero-order chi connectivity index (χ0) is 17.4. The van der Waals surface area contributed by atoms with Gasteiger partial charge >= 0.3 is 11.9 Å². The molecule has 0 radical (unpaired) electrons. The molecule has 1 saturated heterocycles. The van der Waals surface area contributed by atoms with Crippen LogP contribution in [0.1, 0.15) is 6.42 Å². The van der Waals surface area contributed by atoms with Crippen molar-refractivity contribution in [2.45, 2.75) is 28.2 Å². The zero-order valence-corrected chi connectivity index (χ0v) is 13.6. The molecule has 0 bridgehead atoms. The van der Waals surface area contributed by atoms with Gasteiger partial charge in [0.05, 0.1) is 6.42 Å². The minimum atomic E-state index is -1.29. The number of carbonyl (C=O) groups excluding carboxylic acids is 1. The molecule has 24 heavy (non-hydrogen) atoms. The lowest BCUT2D eigenvalue weighted by Gasteiger charge is -2.48. The lowest BCUT2D eigenvalue weighted by Crippen LogP contribution is -2.68. The molecule has 128 valence electrons. The largest absolute Gasteiger partial charge is 0.481 e. The average Bonchev–Trinajstić information content (AvgIpc) is 3.04. The summed E-state index contributed by atoms with van der Waals surface area (Å²) in [4.78, 5) is 35.9. The van der Waals surface area contributed by atoms with E-state index in [0.717, 1.165) is 16.7 Å². The smallest absolute Gasteiger partial charge is 0.352 e. The lowest BCUT2D eigenvalue weighted by atomic mass is 10.0. The van der Waals surface area contributed by atoms with E-state index in [1.165, 1.54) is 11.8 Å². The number of hydrogen-bond acceptors (Lipinski definition) is 9. The highest BCUT2D eigenvalue weighted by atomic mass is 32.2. The van der Waals surface area contributed by atoms with Gasteiger partial charge in [-0.15, -0.1) is 22.0 Å². The third-order valence-electron chi connectivity index (χ3n) is 3.56. The normalized spacial score (nSPS) is 24.4. The second-order valence-electron chi connectivity index (χ2n) is 5.01. The number of amides is 1. The fourth-order valence-corrected chi connectivity index (χ4v) is 4.99. The molecule has 1 aromatic rings. The number of nitrogens with two attached hydrogens (primary N) is 1. The monoisotopic (exact) mass is 372 g/mol. The molecule has 2 aliphatic rings. The molecule has 0 aliphatic carbocycles. The molecule has 3 rings (SSSR count). The van der Waals surface area contributed by atoms with Gasteiger partial charge in [0, 0.05) is 11.0 Å². The highest BCUT2D eigenvalue weighted by Crippen LogP contribution is 2.43. The fraction of sp³-hybridized carbons (Fsp3) is 0.455. The summed E-state index contributed by atoms with van der Waals surface area (Å²) in [6.07, 6.45) is -0.343. The summed E-state index contributed by atoms with van der Waals surface area (Å²) >= 11 is 2.29. The number of nitrogens with one attached hydrogen (secondary N) is 1. The Morgan fingerprint density at radius 1 is 1.50 bits per heavy atom. The van der Waals surface area contributed by atoms with E-state index in [9.17, 15) is 19.5 Å². The topological polar surface area (TPSA) is 175 Å². The van der Waals surface area contributed by atoms with Gasteiger partial charge in [0.25, 0.3) is 0 Å². The Balaban J connectivity index is 1.98. The van der Waals surface area contributed by atoms with Crippen LogP contribution in [-0.4, -0.2) is 76.0 Å². The molecule has 0 saturated carbocycles. The number of nitrogens with zero attached hydrogens (tertiary/aromatic N) is 4. The molecule has 1 aromatic heterocycles. The van der Waals surface area contributed by atoms with Crippen LogP contribution in [0, 0.1) is 0 Å². The van der Waals surface area contributed by atoms with E-state index >= 15 is 0 Å². The first-order valence-corrected chi connectivity index (χ1v) is 8.61.